The number of aliphatic hydroxyl groups is 1. The second-order valence-corrected chi connectivity index (χ2v) is 6.12. The second-order valence-electron chi connectivity index (χ2n) is 6.12. The minimum Gasteiger partial charge on any atom is -0.365 e. The van der Waals surface area contributed by atoms with Crippen molar-refractivity contribution in [3.05, 3.63) is 45.5 Å². The summed E-state index contributed by atoms with van der Waals surface area (Å²) in [6.07, 6.45) is 3.05. The topological polar surface area (TPSA) is 96.4 Å². The summed E-state index contributed by atoms with van der Waals surface area (Å²) in [6.45, 7) is -0.0787. The third-order valence-corrected chi connectivity index (χ3v) is 4.93. The first-order chi connectivity index (χ1) is 10.5. The number of fused-ring (bicyclic) bond motifs is 1. The summed E-state index contributed by atoms with van der Waals surface area (Å²) in [5.74, 6) is -1.93. The molecule has 1 saturated heterocycles. The quantitative estimate of drug-likeness (QED) is 0.667. The fraction of sp³-hybridized carbons (Fsp3) is 0.562. The smallest absolute Gasteiger partial charge is 0.243 e. The number of nitriles is 1. The Bertz CT molecular complexity index is 610. The lowest BCUT2D eigenvalue weighted by Crippen LogP contribution is -2.56. The fourth-order valence-corrected chi connectivity index (χ4v) is 3.82. The standard InChI is InChI=1S/C16H18N2O4/c17-9-11-4-6-12(7-5-11)15-13-3-1-2-8-16(13,19)22-10-14(15)18(20)21/h4-7,13-15,19H,1-3,8,10H2/t13-,14-,15-,16+/m1/s1. The first-order valence-electron chi connectivity index (χ1n) is 7.55. The molecule has 3 rings (SSSR count). The molecule has 1 aliphatic carbocycles. The molecule has 116 valence electrons. The largest absolute Gasteiger partial charge is 0.365 e. The van der Waals surface area contributed by atoms with Crippen molar-refractivity contribution in [2.24, 2.45) is 5.92 Å². The van der Waals surface area contributed by atoms with Gasteiger partial charge in [0.1, 0.15) is 6.61 Å². The van der Waals surface area contributed by atoms with E-state index < -0.39 is 11.8 Å². The molecule has 1 aliphatic heterocycles. The van der Waals surface area contributed by atoms with Crippen LogP contribution in [0.2, 0.25) is 0 Å². The van der Waals surface area contributed by atoms with Crippen molar-refractivity contribution in [2.45, 2.75) is 43.4 Å². The van der Waals surface area contributed by atoms with Crippen LogP contribution in [-0.4, -0.2) is 28.5 Å². The average molecular weight is 302 g/mol. The van der Waals surface area contributed by atoms with Crippen LogP contribution in [0, 0.1) is 27.4 Å². The molecule has 0 spiro atoms. The predicted octanol–water partition coefficient (Wildman–Crippen LogP) is 2.20. The zero-order chi connectivity index (χ0) is 15.7. The Labute approximate surface area is 128 Å². The van der Waals surface area contributed by atoms with Gasteiger partial charge in [0.2, 0.25) is 6.04 Å². The van der Waals surface area contributed by atoms with Crippen LogP contribution in [0.25, 0.3) is 0 Å². The van der Waals surface area contributed by atoms with Crippen LogP contribution in [0.5, 0.6) is 0 Å². The summed E-state index contributed by atoms with van der Waals surface area (Å²) >= 11 is 0. The van der Waals surface area contributed by atoms with Gasteiger partial charge in [0.15, 0.2) is 5.79 Å². The van der Waals surface area contributed by atoms with Crippen LogP contribution in [0.1, 0.15) is 42.7 Å². The summed E-state index contributed by atoms with van der Waals surface area (Å²) < 4.78 is 5.50. The van der Waals surface area contributed by atoms with Gasteiger partial charge in [-0.25, -0.2) is 0 Å². The van der Waals surface area contributed by atoms with E-state index in [1.54, 1.807) is 24.3 Å². The molecule has 6 nitrogen and oxygen atoms in total. The maximum Gasteiger partial charge on any atom is 0.243 e. The Morgan fingerprint density at radius 2 is 2.09 bits per heavy atom. The van der Waals surface area contributed by atoms with Gasteiger partial charge < -0.3 is 9.84 Å². The van der Waals surface area contributed by atoms with Crippen molar-refractivity contribution in [1.82, 2.24) is 0 Å². The molecule has 0 amide bonds. The molecule has 1 aromatic rings. The van der Waals surface area contributed by atoms with Gasteiger partial charge in [-0.2, -0.15) is 5.26 Å². The molecule has 1 heterocycles. The number of benzene rings is 1. The van der Waals surface area contributed by atoms with Crippen LogP contribution < -0.4 is 0 Å². The lowest BCUT2D eigenvalue weighted by Gasteiger charge is -2.47. The Morgan fingerprint density at radius 1 is 1.36 bits per heavy atom. The zero-order valence-corrected chi connectivity index (χ0v) is 12.1. The summed E-state index contributed by atoms with van der Waals surface area (Å²) in [7, 11) is 0. The molecule has 1 aromatic carbocycles. The Hall–Kier alpha value is -1.97. The average Bonchev–Trinajstić information content (AvgIpc) is 2.53. The van der Waals surface area contributed by atoms with Crippen molar-refractivity contribution in [2.75, 3.05) is 6.61 Å². The third-order valence-electron chi connectivity index (χ3n) is 4.93. The number of hydrogen-bond donors (Lipinski definition) is 1. The van der Waals surface area contributed by atoms with E-state index in [-0.39, 0.29) is 23.4 Å². The van der Waals surface area contributed by atoms with Crippen molar-refractivity contribution in [3.8, 4) is 6.07 Å². The van der Waals surface area contributed by atoms with E-state index in [1.807, 2.05) is 6.07 Å². The molecule has 1 saturated carbocycles. The molecule has 4 atom stereocenters. The minimum absolute atomic E-state index is 0.0787. The monoisotopic (exact) mass is 302 g/mol. The predicted molar refractivity (Wildman–Crippen MR) is 77.5 cm³/mol. The van der Waals surface area contributed by atoms with E-state index in [2.05, 4.69) is 0 Å². The summed E-state index contributed by atoms with van der Waals surface area (Å²) in [5.41, 5.74) is 1.32. The van der Waals surface area contributed by atoms with E-state index >= 15 is 0 Å². The summed E-state index contributed by atoms with van der Waals surface area (Å²) in [5, 5.41) is 31.0. The lowest BCUT2D eigenvalue weighted by molar-refractivity contribution is -0.548. The van der Waals surface area contributed by atoms with Crippen molar-refractivity contribution < 1.29 is 14.8 Å². The molecule has 1 N–H and O–H groups in total. The molecule has 0 bridgehead atoms. The van der Waals surface area contributed by atoms with E-state index in [0.29, 0.717) is 18.4 Å². The van der Waals surface area contributed by atoms with E-state index in [4.69, 9.17) is 10.00 Å². The van der Waals surface area contributed by atoms with Crippen LogP contribution in [0.15, 0.2) is 24.3 Å². The third kappa shape index (κ3) is 2.47. The van der Waals surface area contributed by atoms with E-state index in [9.17, 15) is 15.2 Å². The number of hydrogen-bond acceptors (Lipinski definition) is 5. The van der Waals surface area contributed by atoms with Crippen LogP contribution in [0.3, 0.4) is 0 Å². The summed E-state index contributed by atoms with van der Waals surface area (Å²) in [6, 6.07) is 8.05. The van der Waals surface area contributed by atoms with Gasteiger partial charge in [0.25, 0.3) is 0 Å². The molecule has 0 radical (unpaired) electrons. The number of nitrogens with zero attached hydrogens (tertiary/aromatic N) is 2. The minimum atomic E-state index is -1.26. The highest BCUT2D eigenvalue weighted by atomic mass is 16.7. The maximum atomic E-state index is 11.4. The highest BCUT2D eigenvalue weighted by Gasteiger charge is 2.55. The van der Waals surface area contributed by atoms with Gasteiger partial charge in [0.05, 0.1) is 17.6 Å². The van der Waals surface area contributed by atoms with Crippen molar-refractivity contribution in [1.29, 1.82) is 5.26 Å². The molecule has 2 aliphatic rings. The molecule has 6 heteroatoms. The van der Waals surface area contributed by atoms with Gasteiger partial charge in [0, 0.05) is 17.3 Å². The number of rotatable bonds is 2. The molecule has 0 unspecified atom stereocenters. The zero-order valence-electron chi connectivity index (χ0n) is 12.1. The SMILES string of the molecule is N#Cc1ccc([C@H]2[C@H]([N+](=O)[O-])CO[C@@]3(O)CCCC[C@H]23)cc1. The van der Waals surface area contributed by atoms with Crippen LogP contribution in [0.4, 0.5) is 0 Å². The molecular weight excluding hydrogens is 284 g/mol. The van der Waals surface area contributed by atoms with Crippen LogP contribution in [-0.2, 0) is 4.74 Å². The van der Waals surface area contributed by atoms with Crippen LogP contribution >= 0.6 is 0 Å². The normalized spacial score (nSPS) is 34.5. The Balaban J connectivity index is 2.00. The highest BCUT2D eigenvalue weighted by Crippen LogP contribution is 2.48. The van der Waals surface area contributed by atoms with E-state index in [1.165, 1.54) is 0 Å². The van der Waals surface area contributed by atoms with Gasteiger partial charge in [-0.3, -0.25) is 10.1 Å². The first kappa shape index (κ1) is 14.9. The number of nitro groups is 1. The van der Waals surface area contributed by atoms with Gasteiger partial charge in [-0.05, 0) is 30.5 Å². The Morgan fingerprint density at radius 3 is 2.73 bits per heavy atom. The molecular formula is C16H18N2O4. The first-order valence-corrected chi connectivity index (χ1v) is 7.55. The van der Waals surface area contributed by atoms with E-state index in [0.717, 1.165) is 18.4 Å². The second kappa shape index (κ2) is 5.67. The van der Waals surface area contributed by atoms with Crippen molar-refractivity contribution in [3.63, 3.8) is 0 Å². The summed E-state index contributed by atoms with van der Waals surface area (Å²) in [4.78, 5) is 11.1. The Kier molecular flexibility index (Phi) is 3.85. The highest BCUT2D eigenvalue weighted by molar-refractivity contribution is 5.34. The van der Waals surface area contributed by atoms with Gasteiger partial charge in [-0.1, -0.05) is 18.6 Å². The molecule has 0 aromatic heterocycles. The van der Waals surface area contributed by atoms with Gasteiger partial charge >= 0.3 is 0 Å². The molecule has 22 heavy (non-hydrogen) atoms. The number of ether oxygens (including phenoxy) is 1. The van der Waals surface area contributed by atoms with Crippen molar-refractivity contribution >= 4 is 0 Å². The lowest BCUT2D eigenvalue weighted by atomic mass is 9.68. The maximum absolute atomic E-state index is 11.4. The fourth-order valence-electron chi connectivity index (χ4n) is 3.82. The molecule has 2 fully saturated rings. The van der Waals surface area contributed by atoms with Gasteiger partial charge in [-0.15, -0.1) is 0 Å².